The molecule has 0 atom stereocenters. The number of nitrogens with zero attached hydrogens (tertiary/aromatic N) is 3. The predicted octanol–water partition coefficient (Wildman–Crippen LogP) is 16.6. The zero-order valence-electron chi connectivity index (χ0n) is 42.1. The summed E-state index contributed by atoms with van der Waals surface area (Å²) in [6.07, 6.45) is 0. The lowest BCUT2D eigenvalue weighted by atomic mass is 9.45. The smallest absolute Gasteiger partial charge is 0.333 e. The predicted molar refractivity (Wildman–Crippen MR) is 302 cm³/mol. The van der Waals surface area contributed by atoms with Crippen molar-refractivity contribution in [1.29, 1.82) is 0 Å². The highest BCUT2D eigenvalue weighted by molar-refractivity contribution is 6.91. The molecule has 0 unspecified atom stereocenters. The highest BCUT2D eigenvalue weighted by atomic mass is 15.0. The Morgan fingerprint density at radius 3 is 1.77 bits per heavy atom. The van der Waals surface area contributed by atoms with Crippen molar-refractivity contribution in [1.82, 2.24) is 13.6 Å². The van der Waals surface area contributed by atoms with E-state index in [-0.39, 0.29) is 17.7 Å². The highest BCUT2D eigenvalue weighted by Gasteiger charge is 2.44. The van der Waals surface area contributed by atoms with E-state index in [4.69, 9.17) is 0 Å². The Morgan fingerprint density at radius 1 is 0.429 bits per heavy atom. The van der Waals surface area contributed by atoms with E-state index in [1.54, 1.807) is 0 Å². The molecule has 2 aliphatic heterocycles. The molecule has 14 rings (SSSR count). The Hall–Kier alpha value is -7.30. The largest absolute Gasteiger partial charge is 0.375 e. The molecular weight excluding hydrogens is 846 g/mol. The van der Waals surface area contributed by atoms with Crippen LogP contribution < -0.4 is 10.9 Å². The molecule has 0 fully saturated rings. The van der Waals surface area contributed by atoms with Gasteiger partial charge in [-0.25, -0.2) is 0 Å². The van der Waals surface area contributed by atoms with Crippen molar-refractivity contribution in [2.45, 2.75) is 91.9 Å². The van der Waals surface area contributed by atoms with Crippen LogP contribution in [0.15, 0.2) is 158 Å². The minimum atomic E-state index is -0.0947. The molecule has 12 aromatic rings. The Labute approximate surface area is 411 Å². The monoisotopic (exact) mass is 903 g/mol. The Kier molecular flexibility index (Phi) is 8.43. The van der Waals surface area contributed by atoms with Gasteiger partial charge in [0.1, 0.15) is 0 Å². The van der Waals surface area contributed by atoms with Gasteiger partial charge in [-0.05, 0) is 150 Å². The van der Waals surface area contributed by atoms with Crippen LogP contribution >= 0.6 is 0 Å². The van der Waals surface area contributed by atoms with Crippen molar-refractivity contribution in [3.8, 4) is 33.6 Å². The van der Waals surface area contributed by atoms with Crippen LogP contribution in [-0.4, -0.2) is 20.5 Å². The SMILES string of the molecule is CC(C)c1cccc(C(C)C)c1-c1ccc2c(c1)c1c3ccccc3c3c4c1n2-c1cc2c5ccccc5n(-c5ccccc5)c2cc1B4n1c2ccc(C(C)(C)C)cc2c2cc(C(C)(C)C)cc-3c21. The third kappa shape index (κ3) is 5.48. The fraction of sp³-hybridized carbons (Fsp3) is 0.212. The van der Waals surface area contributed by atoms with Gasteiger partial charge in [0.05, 0.1) is 22.1 Å². The first kappa shape index (κ1) is 41.7. The molecule has 9 aromatic carbocycles. The Bertz CT molecular complexity index is 4230. The first-order valence-electron chi connectivity index (χ1n) is 25.6. The maximum atomic E-state index is 2.77. The molecule has 0 saturated heterocycles. The second-order valence-electron chi connectivity index (χ2n) is 23.3. The maximum Gasteiger partial charge on any atom is 0.333 e. The molecule has 0 aliphatic carbocycles. The van der Waals surface area contributed by atoms with E-state index in [0.29, 0.717) is 11.8 Å². The van der Waals surface area contributed by atoms with Gasteiger partial charge in [-0.15, -0.1) is 0 Å². The Balaban J connectivity index is 1.23. The van der Waals surface area contributed by atoms with Crippen molar-refractivity contribution in [2.75, 3.05) is 0 Å². The summed E-state index contributed by atoms with van der Waals surface area (Å²) in [5, 5.41) is 10.5. The number of hydrogen-bond acceptors (Lipinski definition) is 0. The van der Waals surface area contributed by atoms with Crippen LogP contribution in [0.5, 0.6) is 0 Å². The fourth-order valence-corrected chi connectivity index (χ4v) is 13.1. The van der Waals surface area contributed by atoms with Gasteiger partial charge in [-0.3, -0.25) is 0 Å². The molecule has 2 aliphatic rings. The first-order valence-corrected chi connectivity index (χ1v) is 25.6. The summed E-state index contributed by atoms with van der Waals surface area (Å²) in [6.45, 7) is 23.5. The van der Waals surface area contributed by atoms with E-state index in [9.17, 15) is 0 Å². The number of aromatic nitrogens is 3. The minimum Gasteiger partial charge on any atom is -0.375 e. The van der Waals surface area contributed by atoms with Gasteiger partial charge in [-0.2, -0.15) is 0 Å². The van der Waals surface area contributed by atoms with Crippen molar-refractivity contribution < 1.29 is 0 Å². The zero-order valence-corrected chi connectivity index (χ0v) is 42.1. The van der Waals surface area contributed by atoms with Crippen LogP contribution in [0.3, 0.4) is 0 Å². The number of para-hydroxylation sites is 2. The van der Waals surface area contributed by atoms with Gasteiger partial charge in [0, 0.05) is 60.3 Å². The van der Waals surface area contributed by atoms with Crippen molar-refractivity contribution in [3.63, 3.8) is 0 Å². The van der Waals surface area contributed by atoms with Crippen molar-refractivity contribution in [3.05, 3.63) is 180 Å². The number of hydrogen-bond donors (Lipinski definition) is 0. The molecule has 0 amide bonds. The normalized spacial score (nSPS) is 13.5. The lowest BCUT2D eigenvalue weighted by Crippen LogP contribution is -2.55. The third-order valence-corrected chi connectivity index (χ3v) is 16.4. The summed E-state index contributed by atoms with van der Waals surface area (Å²) in [4.78, 5) is 0. The summed E-state index contributed by atoms with van der Waals surface area (Å²) >= 11 is 0. The highest BCUT2D eigenvalue weighted by Crippen LogP contribution is 2.51. The summed E-state index contributed by atoms with van der Waals surface area (Å²) in [7, 11) is 0. The van der Waals surface area contributed by atoms with E-state index in [1.165, 1.54) is 143 Å². The molecule has 0 radical (unpaired) electrons. The first-order chi connectivity index (χ1) is 33.7. The second kappa shape index (κ2) is 14.2. The van der Waals surface area contributed by atoms with Gasteiger partial charge in [-0.1, -0.05) is 160 Å². The van der Waals surface area contributed by atoms with Gasteiger partial charge in [0.15, 0.2) is 0 Å². The van der Waals surface area contributed by atoms with Gasteiger partial charge < -0.3 is 13.6 Å². The molecule has 0 spiro atoms. The van der Waals surface area contributed by atoms with Crippen LogP contribution in [0.25, 0.3) is 110 Å². The average molecular weight is 904 g/mol. The summed E-state index contributed by atoms with van der Waals surface area (Å²) in [6, 6.07) is 61.4. The molecule has 0 bridgehead atoms. The lowest BCUT2D eigenvalue weighted by Gasteiger charge is -2.35. The van der Waals surface area contributed by atoms with Crippen LogP contribution in [0.4, 0.5) is 0 Å². The quantitative estimate of drug-likeness (QED) is 0.156. The van der Waals surface area contributed by atoms with E-state index in [2.05, 4.69) is 241 Å². The summed E-state index contributed by atoms with van der Waals surface area (Å²) < 4.78 is 7.97. The van der Waals surface area contributed by atoms with Crippen molar-refractivity contribution >= 4 is 94.0 Å². The topological polar surface area (TPSA) is 14.8 Å². The standard InChI is InChI=1S/C66H58BN3/c1-37(2)43-24-18-25-44(38(3)4)59(43)39-27-29-55-51(31-39)61-47-23-15-14-22-46(47)60-52-34-41(66(8,9)10)33-50-48-32-40(65(5,6)7)28-30-56(48)70(63(50)52)67-53-36-57-49(35-58(53)69(55)64(61)62(60)67)45-21-16-17-26-54(45)68(57)42-19-12-11-13-20-42/h11-38H,1-10H3. The zero-order chi connectivity index (χ0) is 47.9. The number of benzene rings is 9. The van der Waals surface area contributed by atoms with Gasteiger partial charge in [0.25, 0.3) is 0 Å². The molecule has 0 N–H and O–H groups in total. The third-order valence-electron chi connectivity index (χ3n) is 16.4. The van der Waals surface area contributed by atoms with Crippen LogP contribution in [0.1, 0.15) is 103 Å². The van der Waals surface area contributed by atoms with Crippen LogP contribution in [0, 0.1) is 0 Å². The fourth-order valence-electron chi connectivity index (χ4n) is 13.1. The summed E-state index contributed by atoms with van der Waals surface area (Å²) in [5.41, 5.74) is 23.7. The lowest BCUT2D eigenvalue weighted by molar-refractivity contribution is 0.590. The average Bonchev–Trinajstić information content (AvgIpc) is 3.99. The molecule has 70 heavy (non-hydrogen) atoms. The molecule has 340 valence electrons. The van der Waals surface area contributed by atoms with E-state index < -0.39 is 0 Å². The van der Waals surface area contributed by atoms with Gasteiger partial charge >= 0.3 is 6.85 Å². The molecule has 4 heteroatoms. The molecule has 3 aromatic heterocycles. The molecule has 5 heterocycles. The summed E-state index contributed by atoms with van der Waals surface area (Å²) in [5.74, 6) is 0.777. The Morgan fingerprint density at radius 2 is 1.06 bits per heavy atom. The van der Waals surface area contributed by atoms with E-state index in [1.807, 2.05) is 0 Å². The van der Waals surface area contributed by atoms with E-state index >= 15 is 0 Å². The van der Waals surface area contributed by atoms with Crippen molar-refractivity contribution in [2.24, 2.45) is 0 Å². The molecule has 3 nitrogen and oxygen atoms in total. The van der Waals surface area contributed by atoms with Crippen LogP contribution in [-0.2, 0) is 10.8 Å². The van der Waals surface area contributed by atoms with Crippen LogP contribution in [0.2, 0.25) is 0 Å². The maximum absolute atomic E-state index is 2.77. The second-order valence-corrected chi connectivity index (χ2v) is 23.3. The van der Waals surface area contributed by atoms with E-state index in [0.717, 1.165) is 0 Å². The minimum absolute atomic E-state index is 0.00209. The van der Waals surface area contributed by atoms with Gasteiger partial charge in [0.2, 0.25) is 0 Å². The molecular formula is C66H58BN3. The number of rotatable bonds is 4. The molecule has 0 saturated carbocycles. The number of fused-ring (bicyclic) bond motifs is 17.